The second kappa shape index (κ2) is 12.7. The maximum atomic E-state index is 13.7. The normalized spacial score (nSPS) is 15.6. The van der Waals surface area contributed by atoms with Gasteiger partial charge in [0.2, 0.25) is 0 Å². The molecule has 0 bridgehead atoms. The minimum atomic E-state index is -1.11. The highest BCUT2D eigenvalue weighted by atomic mass is 19.1. The first-order valence-corrected chi connectivity index (χ1v) is 12.9. The predicted molar refractivity (Wildman–Crippen MR) is 134 cm³/mol. The van der Waals surface area contributed by atoms with Crippen LogP contribution in [0.3, 0.4) is 0 Å². The van der Waals surface area contributed by atoms with Gasteiger partial charge in [0.1, 0.15) is 24.3 Å². The van der Waals surface area contributed by atoms with E-state index in [2.05, 4.69) is 27.7 Å². The van der Waals surface area contributed by atoms with Gasteiger partial charge in [0.15, 0.2) is 0 Å². The van der Waals surface area contributed by atoms with Crippen LogP contribution in [-0.2, 0) is 29.0 Å². The number of rotatable bonds is 13. The molecule has 1 amide bonds. The molecule has 1 atom stereocenters. The number of carbonyl (C=O) groups is 2. The quantitative estimate of drug-likeness (QED) is 0.357. The summed E-state index contributed by atoms with van der Waals surface area (Å²) in [7, 11) is 0. The molecule has 2 aliphatic rings. The van der Waals surface area contributed by atoms with Gasteiger partial charge in [0, 0.05) is 30.4 Å². The van der Waals surface area contributed by atoms with Gasteiger partial charge in [-0.05, 0) is 75.6 Å². The third kappa shape index (κ3) is 7.65. The number of carboxylic acids is 1. The third-order valence-electron chi connectivity index (χ3n) is 6.76. The number of anilines is 1. The molecule has 1 fully saturated rings. The molecule has 0 radical (unpaired) electrons. The zero-order valence-corrected chi connectivity index (χ0v) is 20.5. The van der Waals surface area contributed by atoms with Gasteiger partial charge in [-0.1, -0.05) is 24.3 Å². The number of pyridine rings is 1. The molecule has 1 aliphatic heterocycles. The van der Waals surface area contributed by atoms with Crippen LogP contribution in [0.5, 0.6) is 0 Å². The number of carboxylic acid groups (broad SMARTS) is 1. The van der Waals surface area contributed by atoms with Crippen molar-refractivity contribution < 1.29 is 23.8 Å². The molecular formula is C27H35FN4O4. The van der Waals surface area contributed by atoms with Gasteiger partial charge >= 0.3 is 12.1 Å². The smallest absolute Gasteiger partial charge is 0.408 e. The average molecular weight is 499 g/mol. The molecule has 2 aromatic rings. The molecule has 4 rings (SSSR count). The van der Waals surface area contributed by atoms with Crippen LogP contribution in [0.25, 0.3) is 0 Å². The Kier molecular flexibility index (Phi) is 9.11. The van der Waals surface area contributed by atoms with Gasteiger partial charge in [-0.2, -0.15) is 0 Å². The molecule has 0 spiro atoms. The predicted octanol–water partition coefficient (Wildman–Crippen LogP) is 4.14. The van der Waals surface area contributed by atoms with E-state index in [9.17, 15) is 19.1 Å². The van der Waals surface area contributed by atoms with Crippen LogP contribution in [0.2, 0.25) is 0 Å². The molecule has 0 saturated heterocycles. The van der Waals surface area contributed by atoms with Crippen molar-refractivity contribution in [3.63, 3.8) is 0 Å². The first-order valence-electron chi connectivity index (χ1n) is 12.9. The van der Waals surface area contributed by atoms with Crippen molar-refractivity contribution in [1.29, 1.82) is 0 Å². The lowest BCUT2D eigenvalue weighted by molar-refractivity contribution is -0.139. The van der Waals surface area contributed by atoms with Gasteiger partial charge in [-0.15, -0.1) is 0 Å². The number of carbonyl (C=O) groups excluding carboxylic acids is 1. The number of aromatic nitrogens is 1. The standard InChI is InChI=1S/C27H35FN4O4/c28-23-9-2-1-6-20(23)18-36-27(35)31-24(26(33)34)14-17-32(22-12-13-22)16-4-3-8-21-11-10-19-7-5-15-29-25(19)30-21/h1-2,6,9-11,22,24H,3-5,7-8,12-18H2,(H,29,30)(H,31,35)(H,33,34). The lowest BCUT2D eigenvalue weighted by atomic mass is 10.1. The number of fused-ring (bicyclic) bond motifs is 1. The maximum Gasteiger partial charge on any atom is 0.408 e. The number of aryl methyl sites for hydroxylation is 2. The molecule has 8 nitrogen and oxygen atoms in total. The molecule has 1 aromatic carbocycles. The van der Waals surface area contributed by atoms with E-state index in [0.29, 0.717) is 12.6 Å². The molecular weight excluding hydrogens is 463 g/mol. The van der Waals surface area contributed by atoms with E-state index in [0.717, 1.165) is 69.5 Å². The summed E-state index contributed by atoms with van der Waals surface area (Å²) in [6, 6.07) is 9.72. The Balaban J connectivity index is 1.19. The van der Waals surface area contributed by atoms with E-state index in [4.69, 9.17) is 9.72 Å². The zero-order valence-electron chi connectivity index (χ0n) is 20.5. The molecule has 1 unspecified atom stereocenters. The third-order valence-corrected chi connectivity index (χ3v) is 6.76. The number of aliphatic carboxylic acids is 1. The van der Waals surface area contributed by atoms with Crippen molar-refractivity contribution in [3.8, 4) is 0 Å². The Hall–Kier alpha value is -3.20. The van der Waals surface area contributed by atoms with Crippen molar-refractivity contribution in [3.05, 3.63) is 59.0 Å². The number of halogens is 1. The maximum absolute atomic E-state index is 13.7. The molecule has 1 saturated carbocycles. The number of ether oxygens (including phenoxy) is 1. The summed E-state index contributed by atoms with van der Waals surface area (Å²) in [5.74, 6) is -0.557. The first-order chi connectivity index (χ1) is 17.5. The van der Waals surface area contributed by atoms with Crippen LogP contribution < -0.4 is 10.6 Å². The van der Waals surface area contributed by atoms with Crippen molar-refractivity contribution in [1.82, 2.24) is 15.2 Å². The molecule has 3 N–H and O–H groups in total. The summed E-state index contributed by atoms with van der Waals surface area (Å²) in [6.07, 6.45) is 6.81. The number of unbranched alkanes of at least 4 members (excludes halogenated alkanes) is 1. The number of alkyl carbamates (subject to hydrolysis) is 1. The van der Waals surface area contributed by atoms with E-state index in [1.54, 1.807) is 12.1 Å². The summed E-state index contributed by atoms with van der Waals surface area (Å²) in [4.78, 5) is 30.9. The van der Waals surface area contributed by atoms with Crippen LogP contribution in [0, 0.1) is 5.82 Å². The Labute approximate surface area is 211 Å². The summed E-state index contributed by atoms with van der Waals surface area (Å²) in [5, 5.41) is 15.4. The highest BCUT2D eigenvalue weighted by molar-refractivity contribution is 5.79. The molecule has 1 aromatic heterocycles. The van der Waals surface area contributed by atoms with Gasteiger partial charge in [0.05, 0.1) is 0 Å². The number of nitrogens with one attached hydrogen (secondary N) is 2. The molecule has 194 valence electrons. The summed E-state index contributed by atoms with van der Waals surface area (Å²) in [5.41, 5.74) is 2.63. The van der Waals surface area contributed by atoms with Crippen LogP contribution in [0.1, 0.15) is 55.3 Å². The van der Waals surface area contributed by atoms with Crippen LogP contribution in [0.15, 0.2) is 36.4 Å². The Morgan fingerprint density at radius 1 is 1.19 bits per heavy atom. The number of benzene rings is 1. The number of hydrogen-bond donors (Lipinski definition) is 3. The summed E-state index contributed by atoms with van der Waals surface area (Å²) >= 11 is 0. The molecule has 9 heteroatoms. The van der Waals surface area contributed by atoms with Crippen molar-refractivity contribution in [2.45, 2.75) is 70.1 Å². The van der Waals surface area contributed by atoms with E-state index in [1.807, 2.05) is 0 Å². The minimum absolute atomic E-state index is 0.237. The second-order valence-corrected chi connectivity index (χ2v) is 9.56. The number of hydrogen-bond acceptors (Lipinski definition) is 6. The second-order valence-electron chi connectivity index (χ2n) is 9.56. The fourth-order valence-electron chi connectivity index (χ4n) is 4.54. The molecule has 2 heterocycles. The molecule has 1 aliphatic carbocycles. The monoisotopic (exact) mass is 498 g/mol. The van der Waals surface area contributed by atoms with Crippen LogP contribution in [0.4, 0.5) is 15.0 Å². The van der Waals surface area contributed by atoms with Crippen molar-refractivity contribution in [2.75, 3.05) is 25.0 Å². The fourth-order valence-corrected chi connectivity index (χ4v) is 4.54. The fraction of sp³-hybridized carbons (Fsp3) is 0.519. The highest BCUT2D eigenvalue weighted by Gasteiger charge is 2.30. The lowest BCUT2D eigenvalue weighted by Crippen LogP contribution is -2.43. The number of nitrogens with zero attached hydrogens (tertiary/aromatic N) is 2. The van der Waals surface area contributed by atoms with E-state index >= 15 is 0 Å². The summed E-state index contributed by atoms with van der Waals surface area (Å²) in [6.45, 7) is 2.19. The highest BCUT2D eigenvalue weighted by Crippen LogP contribution is 2.27. The largest absolute Gasteiger partial charge is 0.480 e. The zero-order chi connectivity index (χ0) is 25.3. The topological polar surface area (TPSA) is 104 Å². The summed E-state index contributed by atoms with van der Waals surface area (Å²) < 4.78 is 18.7. The van der Waals surface area contributed by atoms with Gasteiger partial charge in [-0.3, -0.25) is 0 Å². The van der Waals surface area contributed by atoms with E-state index in [1.165, 1.54) is 17.7 Å². The van der Waals surface area contributed by atoms with Gasteiger partial charge in [0.25, 0.3) is 0 Å². The first kappa shape index (κ1) is 25.9. The van der Waals surface area contributed by atoms with E-state index in [-0.39, 0.29) is 18.6 Å². The van der Waals surface area contributed by atoms with Crippen molar-refractivity contribution >= 4 is 17.9 Å². The van der Waals surface area contributed by atoms with E-state index < -0.39 is 23.9 Å². The van der Waals surface area contributed by atoms with Crippen LogP contribution in [-0.4, -0.2) is 58.8 Å². The Morgan fingerprint density at radius 2 is 2.03 bits per heavy atom. The van der Waals surface area contributed by atoms with Gasteiger partial charge < -0.3 is 25.4 Å². The van der Waals surface area contributed by atoms with Crippen molar-refractivity contribution in [2.24, 2.45) is 0 Å². The average Bonchev–Trinajstić information content (AvgIpc) is 3.72. The Bertz CT molecular complexity index is 1050. The Morgan fingerprint density at radius 3 is 2.81 bits per heavy atom. The van der Waals surface area contributed by atoms with Crippen LogP contribution >= 0.6 is 0 Å². The SMILES string of the molecule is O=C(NC(CCN(CCCCc1ccc2c(n1)NCCC2)C1CC1)C(=O)O)OCc1ccccc1F. The molecule has 36 heavy (non-hydrogen) atoms. The lowest BCUT2D eigenvalue weighted by Gasteiger charge is -2.24. The minimum Gasteiger partial charge on any atom is -0.480 e. The number of amides is 1. The van der Waals surface area contributed by atoms with Gasteiger partial charge in [-0.25, -0.2) is 19.0 Å².